The minimum atomic E-state index is -5.08. The highest BCUT2D eigenvalue weighted by molar-refractivity contribution is 7.89. The minimum absolute atomic E-state index is 0.0712. The summed E-state index contributed by atoms with van der Waals surface area (Å²) >= 11 is 0. The summed E-state index contributed by atoms with van der Waals surface area (Å²) in [7, 11) is -1.06. The van der Waals surface area contributed by atoms with Crippen molar-refractivity contribution in [3.05, 3.63) is 24.3 Å². The number of carboxylic acids is 1. The highest BCUT2D eigenvalue weighted by Crippen LogP contribution is 2.39. The summed E-state index contributed by atoms with van der Waals surface area (Å²) in [5.41, 5.74) is -0.443. The SMILES string of the molecule is CNC(=O)CN1CC2(CCN(CC(=O)OC)CC2)COc2ccccc2S1(=O)=O.O=C(O)C(F)(F)F. The van der Waals surface area contributed by atoms with Gasteiger partial charge in [-0.25, -0.2) is 13.2 Å². The number of aliphatic carboxylic acids is 1. The summed E-state index contributed by atoms with van der Waals surface area (Å²) < 4.78 is 70.3. The first-order valence-electron chi connectivity index (χ1n) is 10.8. The number of nitrogens with one attached hydrogen (secondary N) is 1. The second kappa shape index (κ2) is 11.9. The van der Waals surface area contributed by atoms with Crippen LogP contribution in [0.15, 0.2) is 29.2 Å². The monoisotopic (exact) mass is 539 g/mol. The third kappa shape index (κ3) is 7.54. The Morgan fingerprint density at radius 1 is 1.17 bits per heavy atom. The number of nitrogens with zero attached hydrogens (tertiary/aromatic N) is 2. The van der Waals surface area contributed by atoms with Crippen molar-refractivity contribution in [3.63, 3.8) is 0 Å². The lowest BCUT2D eigenvalue weighted by molar-refractivity contribution is -0.192. The maximum atomic E-state index is 13.3. The van der Waals surface area contributed by atoms with Crippen LogP contribution in [0.1, 0.15) is 12.8 Å². The zero-order chi connectivity index (χ0) is 27.1. The van der Waals surface area contributed by atoms with Gasteiger partial charge in [-0.15, -0.1) is 0 Å². The van der Waals surface area contributed by atoms with Crippen molar-refractivity contribution >= 4 is 27.9 Å². The average molecular weight is 540 g/mol. The molecule has 1 aromatic carbocycles. The molecule has 1 saturated heterocycles. The lowest BCUT2D eigenvalue weighted by atomic mass is 9.78. The van der Waals surface area contributed by atoms with Gasteiger partial charge in [-0.2, -0.15) is 17.5 Å². The van der Waals surface area contributed by atoms with Crippen LogP contribution in [-0.4, -0.2) is 100 Å². The molecule has 11 nitrogen and oxygen atoms in total. The molecular weight excluding hydrogens is 511 g/mol. The maximum Gasteiger partial charge on any atom is 0.490 e. The number of methoxy groups -OCH3 is 1. The number of likely N-dealkylation sites (tertiary alicyclic amines) is 1. The predicted octanol–water partition coefficient (Wildman–Crippen LogP) is 0.704. The molecule has 3 rings (SSSR count). The third-order valence-electron chi connectivity index (χ3n) is 5.85. The molecule has 0 aromatic heterocycles. The van der Waals surface area contributed by atoms with Crippen molar-refractivity contribution in [1.29, 1.82) is 0 Å². The van der Waals surface area contributed by atoms with Gasteiger partial charge in [0.25, 0.3) is 0 Å². The number of hydrogen-bond donors (Lipinski definition) is 2. The van der Waals surface area contributed by atoms with Crippen LogP contribution in [0.5, 0.6) is 5.75 Å². The van der Waals surface area contributed by atoms with E-state index in [0.717, 1.165) is 0 Å². The van der Waals surface area contributed by atoms with Crippen molar-refractivity contribution in [2.24, 2.45) is 5.41 Å². The number of amides is 1. The molecule has 0 unspecified atom stereocenters. The Morgan fingerprint density at radius 3 is 2.28 bits per heavy atom. The van der Waals surface area contributed by atoms with Gasteiger partial charge in [0.2, 0.25) is 15.9 Å². The summed E-state index contributed by atoms with van der Waals surface area (Å²) in [6.07, 6.45) is -3.79. The molecule has 2 heterocycles. The van der Waals surface area contributed by atoms with E-state index in [2.05, 4.69) is 5.32 Å². The van der Waals surface area contributed by atoms with E-state index < -0.39 is 27.6 Å². The zero-order valence-electron chi connectivity index (χ0n) is 19.7. The molecule has 0 atom stereocenters. The Morgan fingerprint density at radius 2 is 1.75 bits per heavy atom. The van der Waals surface area contributed by atoms with E-state index >= 15 is 0 Å². The fourth-order valence-corrected chi connectivity index (χ4v) is 5.41. The first-order chi connectivity index (χ1) is 16.7. The number of piperidine rings is 1. The number of benzene rings is 1. The summed E-state index contributed by atoms with van der Waals surface area (Å²) in [6, 6.07) is 6.50. The summed E-state index contributed by atoms with van der Waals surface area (Å²) in [5.74, 6) is -3.13. The number of para-hydroxylation sites is 1. The fourth-order valence-electron chi connectivity index (χ4n) is 3.77. The number of alkyl halides is 3. The van der Waals surface area contributed by atoms with Crippen molar-refractivity contribution in [3.8, 4) is 5.75 Å². The van der Waals surface area contributed by atoms with Gasteiger partial charge in [0.1, 0.15) is 10.6 Å². The molecule has 1 aromatic rings. The van der Waals surface area contributed by atoms with Crippen LogP contribution in [0.3, 0.4) is 0 Å². The number of fused-ring (bicyclic) bond motifs is 1. The molecule has 0 radical (unpaired) electrons. The van der Waals surface area contributed by atoms with E-state index in [-0.39, 0.29) is 36.4 Å². The molecule has 0 bridgehead atoms. The van der Waals surface area contributed by atoms with E-state index in [9.17, 15) is 31.2 Å². The van der Waals surface area contributed by atoms with Gasteiger partial charge in [-0.05, 0) is 38.1 Å². The zero-order valence-corrected chi connectivity index (χ0v) is 20.5. The Hall–Kier alpha value is -2.91. The third-order valence-corrected chi connectivity index (χ3v) is 7.68. The molecule has 15 heteroatoms. The highest BCUT2D eigenvalue weighted by atomic mass is 32.2. The van der Waals surface area contributed by atoms with Crippen LogP contribution >= 0.6 is 0 Å². The number of halogens is 3. The topological polar surface area (TPSA) is 143 Å². The first-order valence-corrected chi connectivity index (χ1v) is 12.2. The van der Waals surface area contributed by atoms with Gasteiger partial charge < -0.3 is 19.9 Å². The molecule has 36 heavy (non-hydrogen) atoms. The number of ether oxygens (including phenoxy) is 2. The summed E-state index contributed by atoms with van der Waals surface area (Å²) in [6.45, 7) is 1.72. The van der Waals surface area contributed by atoms with Crippen LogP contribution in [0.25, 0.3) is 0 Å². The van der Waals surface area contributed by atoms with Crippen molar-refractivity contribution < 1.29 is 50.6 Å². The average Bonchev–Trinajstić information content (AvgIpc) is 2.83. The van der Waals surface area contributed by atoms with Gasteiger partial charge in [0.05, 0.1) is 26.8 Å². The lowest BCUT2D eigenvalue weighted by Crippen LogP contribution is -2.53. The number of carbonyl (C=O) groups is 3. The van der Waals surface area contributed by atoms with Gasteiger partial charge >= 0.3 is 18.1 Å². The molecule has 1 fully saturated rings. The number of carboxylic acid groups (broad SMARTS) is 1. The largest absolute Gasteiger partial charge is 0.492 e. The smallest absolute Gasteiger partial charge is 0.490 e. The van der Waals surface area contributed by atoms with Crippen LogP contribution < -0.4 is 10.1 Å². The first kappa shape index (κ1) is 29.3. The molecule has 0 saturated carbocycles. The quantitative estimate of drug-likeness (QED) is 0.529. The summed E-state index contributed by atoms with van der Waals surface area (Å²) in [5, 5.41) is 9.63. The Labute approximate surface area is 206 Å². The van der Waals surface area contributed by atoms with Crippen LogP contribution in [0.4, 0.5) is 13.2 Å². The van der Waals surface area contributed by atoms with Crippen molar-refractivity contribution in [2.75, 3.05) is 53.5 Å². The lowest BCUT2D eigenvalue weighted by Gasteiger charge is -2.44. The van der Waals surface area contributed by atoms with Crippen LogP contribution in [-0.2, 0) is 29.1 Å². The van der Waals surface area contributed by atoms with E-state index in [1.54, 1.807) is 18.2 Å². The Bertz CT molecular complexity index is 1060. The van der Waals surface area contributed by atoms with E-state index in [0.29, 0.717) is 38.3 Å². The molecule has 1 spiro atoms. The molecule has 202 valence electrons. The Kier molecular flexibility index (Phi) is 9.68. The second-order valence-electron chi connectivity index (χ2n) is 8.34. The minimum Gasteiger partial charge on any atom is -0.492 e. The van der Waals surface area contributed by atoms with E-state index in [1.165, 1.54) is 24.5 Å². The van der Waals surface area contributed by atoms with Crippen molar-refractivity contribution in [2.45, 2.75) is 23.9 Å². The predicted molar refractivity (Wildman–Crippen MR) is 119 cm³/mol. The Balaban J connectivity index is 0.000000572. The van der Waals surface area contributed by atoms with E-state index in [4.69, 9.17) is 19.4 Å². The molecular formula is C21H28F3N3O8S. The highest BCUT2D eigenvalue weighted by Gasteiger charge is 2.43. The number of esters is 1. The second-order valence-corrected chi connectivity index (χ2v) is 10.2. The number of hydrogen-bond acceptors (Lipinski definition) is 8. The fraction of sp³-hybridized carbons (Fsp3) is 0.571. The molecule has 0 aliphatic carbocycles. The molecule has 2 aliphatic heterocycles. The van der Waals surface area contributed by atoms with Gasteiger partial charge in [0, 0.05) is 19.0 Å². The number of sulfonamides is 1. The molecule has 2 N–H and O–H groups in total. The molecule has 1 amide bonds. The standard InChI is InChI=1S/C19H27N3O6S.C2HF3O2/c1-20-17(23)11-22-13-19(7-9-21(10-8-19)12-18(24)27-2)14-28-15-5-3-4-6-16(15)29(22,25)26;3-2(4,5)1(6)7/h3-6H,7-14H2,1-2H3,(H,20,23);(H,6,7). The number of rotatable bonds is 4. The van der Waals surface area contributed by atoms with E-state index in [1.807, 2.05) is 4.90 Å². The summed E-state index contributed by atoms with van der Waals surface area (Å²) in [4.78, 5) is 34.6. The number of carbonyl (C=O) groups excluding carboxylic acids is 2. The van der Waals surface area contributed by atoms with Crippen LogP contribution in [0.2, 0.25) is 0 Å². The maximum absolute atomic E-state index is 13.3. The number of likely N-dealkylation sites (N-methyl/N-ethyl adjacent to an activating group) is 1. The van der Waals surface area contributed by atoms with Gasteiger partial charge in [-0.1, -0.05) is 12.1 Å². The van der Waals surface area contributed by atoms with Gasteiger partial charge in [0.15, 0.2) is 0 Å². The van der Waals surface area contributed by atoms with Gasteiger partial charge in [-0.3, -0.25) is 14.5 Å². The van der Waals surface area contributed by atoms with Crippen molar-refractivity contribution in [1.82, 2.24) is 14.5 Å². The van der Waals surface area contributed by atoms with Crippen LogP contribution in [0, 0.1) is 5.41 Å². The normalized spacial score (nSPS) is 19.4. The molecule has 2 aliphatic rings.